The summed E-state index contributed by atoms with van der Waals surface area (Å²) in [6.45, 7) is 5.02. The Morgan fingerprint density at radius 3 is 2.84 bits per heavy atom. The lowest BCUT2D eigenvalue weighted by atomic mass is 9.97. The number of benzene rings is 2. The zero-order chi connectivity index (χ0) is 17.8. The van der Waals surface area contributed by atoms with Crippen molar-refractivity contribution < 1.29 is 14.3 Å². The average molecular weight is 342 g/mol. The third kappa shape index (κ3) is 4.30. The number of carbonyl (C=O) groups is 1. The number of hydrogen-bond donors (Lipinski definition) is 1. The summed E-state index contributed by atoms with van der Waals surface area (Å²) in [6.07, 6.45) is 0.0685. The van der Waals surface area contributed by atoms with Gasteiger partial charge in [0.1, 0.15) is 5.75 Å². The summed E-state index contributed by atoms with van der Waals surface area (Å²) in [4.78, 5) is 14.7. The molecule has 1 fully saturated rings. The lowest BCUT2D eigenvalue weighted by molar-refractivity contribution is -0.123. The molecule has 5 nitrogen and oxygen atoms in total. The number of fused-ring (bicyclic) bond motifs is 1. The Morgan fingerprint density at radius 2 is 2.08 bits per heavy atom. The molecule has 2 aromatic rings. The largest absolute Gasteiger partial charge is 0.497 e. The van der Waals surface area contributed by atoms with Crippen LogP contribution in [0.2, 0.25) is 0 Å². The van der Waals surface area contributed by atoms with Gasteiger partial charge in [-0.2, -0.15) is 0 Å². The lowest BCUT2D eigenvalue weighted by Gasteiger charge is -2.30. The molecule has 0 radical (unpaired) electrons. The van der Waals surface area contributed by atoms with Crippen LogP contribution in [0.3, 0.4) is 0 Å². The van der Waals surface area contributed by atoms with E-state index < -0.39 is 0 Å². The highest BCUT2D eigenvalue weighted by Crippen LogP contribution is 2.25. The predicted octanol–water partition coefficient (Wildman–Crippen LogP) is 2.40. The Kier molecular flexibility index (Phi) is 5.56. The molecule has 0 aromatic heterocycles. The van der Waals surface area contributed by atoms with Crippen molar-refractivity contribution in [1.29, 1.82) is 0 Å². The third-order valence-electron chi connectivity index (χ3n) is 4.81. The number of nitrogens with one attached hydrogen (secondary N) is 1. The zero-order valence-electron chi connectivity index (χ0n) is 15.1. The zero-order valence-corrected chi connectivity index (χ0v) is 15.1. The molecule has 0 bridgehead atoms. The quantitative estimate of drug-likeness (QED) is 0.907. The van der Waals surface area contributed by atoms with E-state index in [-0.39, 0.29) is 17.9 Å². The minimum atomic E-state index is -0.201. The Bertz CT molecular complexity index is 747. The monoisotopic (exact) mass is 342 g/mol. The van der Waals surface area contributed by atoms with Gasteiger partial charge in [-0.25, -0.2) is 0 Å². The molecule has 1 unspecified atom stereocenters. The summed E-state index contributed by atoms with van der Waals surface area (Å²) >= 11 is 0. The first-order valence-electron chi connectivity index (χ1n) is 8.72. The second-order valence-electron chi connectivity index (χ2n) is 6.69. The van der Waals surface area contributed by atoms with Crippen molar-refractivity contribution in [3.8, 4) is 5.75 Å². The van der Waals surface area contributed by atoms with Crippen LogP contribution in [0, 0.1) is 0 Å². The fourth-order valence-corrected chi connectivity index (χ4v) is 3.15. The van der Waals surface area contributed by atoms with E-state index in [1.54, 1.807) is 7.11 Å². The first-order chi connectivity index (χ1) is 12.1. The van der Waals surface area contributed by atoms with Gasteiger partial charge in [0.05, 0.1) is 25.7 Å². The van der Waals surface area contributed by atoms with Gasteiger partial charge < -0.3 is 19.7 Å². The van der Waals surface area contributed by atoms with Gasteiger partial charge in [-0.05, 0) is 42.4 Å². The van der Waals surface area contributed by atoms with Gasteiger partial charge in [0, 0.05) is 19.6 Å². The fourth-order valence-electron chi connectivity index (χ4n) is 3.15. The van der Waals surface area contributed by atoms with Gasteiger partial charge in [0.2, 0.25) is 5.91 Å². The van der Waals surface area contributed by atoms with Crippen LogP contribution < -0.4 is 10.1 Å². The smallest absolute Gasteiger partial charge is 0.227 e. The van der Waals surface area contributed by atoms with E-state index in [9.17, 15) is 4.79 Å². The second kappa shape index (κ2) is 7.85. The molecule has 2 atom stereocenters. The minimum absolute atomic E-state index is 0.0321. The lowest BCUT2D eigenvalue weighted by Crippen LogP contribution is -2.46. The summed E-state index contributed by atoms with van der Waals surface area (Å²) < 4.78 is 11.0. The molecule has 1 amide bonds. The van der Waals surface area contributed by atoms with Crippen molar-refractivity contribution in [1.82, 2.24) is 10.2 Å². The molecule has 1 heterocycles. The van der Waals surface area contributed by atoms with E-state index in [4.69, 9.17) is 9.47 Å². The third-order valence-corrected chi connectivity index (χ3v) is 4.81. The number of morpholine rings is 1. The van der Waals surface area contributed by atoms with Crippen molar-refractivity contribution in [2.75, 3.05) is 40.4 Å². The van der Waals surface area contributed by atoms with E-state index >= 15 is 0 Å². The Hall–Kier alpha value is -2.11. The number of amides is 1. The van der Waals surface area contributed by atoms with Gasteiger partial charge >= 0.3 is 0 Å². The van der Waals surface area contributed by atoms with Crippen LogP contribution in [0.25, 0.3) is 10.8 Å². The van der Waals surface area contributed by atoms with Crippen molar-refractivity contribution in [3.63, 3.8) is 0 Å². The number of rotatable bonds is 5. The van der Waals surface area contributed by atoms with Crippen molar-refractivity contribution in [2.45, 2.75) is 18.9 Å². The molecule has 0 aliphatic carbocycles. The number of ether oxygens (including phenoxy) is 2. The highest BCUT2D eigenvalue weighted by Gasteiger charge is 2.21. The molecule has 0 saturated carbocycles. The van der Waals surface area contributed by atoms with Crippen LogP contribution in [-0.4, -0.2) is 57.3 Å². The van der Waals surface area contributed by atoms with E-state index in [1.165, 1.54) is 0 Å². The Morgan fingerprint density at radius 1 is 1.32 bits per heavy atom. The first kappa shape index (κ1) is 17.7. The van der Waals surface area contributed by atoms with Gasteiger partial charge in [-0.1, -0.05) is 24.3 Å². The molecule has 3 rings (SSSR count). The highest BCUT2D eigenvalue weighted by molar-refractivity contribution is 5.88. The molecule has 0 spiro atoms. The topological polar surface area (TPSA) is 50.8 Å². The molecule has 5 heteroatoms. The molecule has 2 aromatic carbocycles. The van der Waals surface area contributed by atoms with E-state index in [0.29, 0.717) is 6.54 Å². The molecular weight excluding hydrogens is 316 g/mol. The first-order valence-corrected chi connectivity index (χ1v) is 8.72. The fraction of sp³-hybridized carbons (Fsp3) is 0.450. The number of hydrogen-bond acceptors (Lipinski definition) is 4. The molecule has 1 saturated heterocycles. The Labute approximate surface area is 148 Å². The molecule has 1 aliphatic rings. The summed E-state index contributed by atoms with van der Waals surface area (Å²) in [7, 11) is 3.74. The predicted molar refractivity (Wildman–Crippen MR) is 99.2 cm³/mol. The number of likely N-dealkylation sites (N-methyl/N-ethyl adjacent to an activating group) is 1. The number of carbonyl (C=O) groups excluding carboxylic acids is 1. The van der Waals surface area contributed by atoms with Gasteiger partial charge in [-0.15, -0.1) is 0 Å². The summed E-state index contributed by atoms with van der Waals surface area (Å²) in [5, 5.41) is 5.24. The summed E-state index contributed by atoms with van der Waals surface area (Å²) in [6, 6.07) is 12.1. The molecule has 1 aliphatic heterocycles. The maximum atomic E-state index is 12.5. The average Bonchev–Trinajstić information content (AvgIpc) is 2.64. The van der Waals surface area contributed by atoms with Crippen LogP contribution in [0.4, 0.5) is 0 Å². The summed E-state index contributed by atoms with van der Waals surface area (Å²) in [5.74, 6) is 0.668. The van der Waals surface area contributed by atoms with E-state index in [2.05, 4.69) is 23.3 Å². The van der Waals surface area contributed by atoms with Gasteiger partial charge in [0.15, 0.2) is 0 Å². The van der Waals surface area contributed by atoms with Crippen LogP contribution in [0.5, 0.6) is 5.75 Å². The van der Waals surface area contributed by atoms with E-state index in [1.807, 2.05) is 37.3 Å². The highest BCUT2D eigenvalue weighted by atomic mass is 16.5. The molecule has 1 N–H and O–H groups in total. The number of nitrogens with zero attached hydrogens (tertiary/aromatic N) is 1. The maximum Gasteiger partial charge on any atom is 0.227 e. The molecule has 134 valence electrons. The van der Waals surface area contributed by atoms with Crippen LogP contribution >= 0.6 is 0 Å². The minimum Gasteiger partial charge on any atom is -0.497 e. The van der Waals surface area contributed by atoms with Crippen molar-refractivity contribution >= 4 is 16.7 Å². The Balaban J connectivity index is 1.64. The SMILES string of the molecule is COc1ccc2cc([C@@H](C)C(=O)NCC3CN(C)CCO3)ccc2c1. The van der Waals surface area contributed by atoms with Crippen molar-refractivity contribution in [2.24, 2.45) is 0 Å². The van der Waals surface area contributed by atoms with Crippen LogP contribution in [0.15, 0.2) is 36.4 Å². The van der Waals surface area contributed by atoms with E-state index in [0.717, 1.165) is 41.8 Å². The second-order valence-corrected chi connectivity index (χ2v) is 6.69. The van der Waals surface area contributed by atoms with Crippen LogP contribution in [-0.2, 0) is 9.53 Å². The normalized spacial score (nSPS) is 19.6. The number of methoxy groups -OCH3 is 1. The van der Waals surface area contributed by atoms with Gasteiger partial charge in [-0.3, -0.25) is 4.79 Å². The molecular formula is C20H26N2O3. The molecule has 25 heavy (non-hydrogen) atoms. The van der Waals surface area contributed by atoms with Crippen LogP contribution in [0.1, 0.15) is 18.4 Å². The van der Waals surface area contributed by atoms with Crippen molar-refractivity contribution in [3.05, 3.63) is 42.0 Å². The standard InChI is InChI=1S/C20H26N2O3/c1-14(20(23)21-12-19-13-22(2)8-9-25-19)15-4-5-17-11-18(24-3)7-6-16(17)10-15/h4-7,10-11,14,19H,8-9,12-13H2,1-3H3,(H,21,23)/t14-,19?/m1/s1. The summed E-state index contributed by atoms with van der Waals surface area (Å²) in [5.41, 5.74) is 1.01. The van der Waals surface area contributed by atoms with Gasteiger partial charge in [0.25, 0.3) is 0 Å². The maximum absolute atomic E-state index is 12.5.